The van der Waals surface area contributed by atoms with Crippen molar-refractivity contribution in [3.63, 3.8) is 0 Å². The predicted molar refractivity (Wildman–Crippen MR) is 144 cm³/mol. The SMILES string of the molecule is O=C(COc1ccc(/C=N\Nc2ncc(F)c(N3CCOCC3)n2)c(O)c1Cl)NC1=C(O)C(Cl)=CC(Br)C1. The number of amides is 1. The molecule has 2 aromatic rings. The van der Waals surface area contributed by atoms with Crippen molar-refractivity contribution >= 4 is 63.0 Å². The smallest absolute Gasteiger partial charge is 0.262 e. The van der Waals surface area contributed by atoms with E-state index in [1.165, 1.54) is 18.3 Å². The number of ether oxygens (including phenoxy) is 2. The average Bonchev–Trinajstić information content (AvgIpc) is 2.90. The van der Waals surface area contributed by atoms with Crippen molar-refractivity contribution in [1.29, 1.82) is 0 Å². The Hall–Kier alpha value is -3.13. The van der Waals surface area contributed by atoms with Gasteiger partial charge in [-0.05, 0) is 18.2 Å². The van der Waals surface area contributed by atoms with Crippen LogP contribution in [0.4, 0.5) is 16.2 Å². The van der Waals surface area contributed by atoms with Crippen LogP contribution < -0.4 is 20.4 Å². The lowest BCUT2D eigenvalue weighted by Gasteiger charge is -2.27. The van der Waals surface area contributed by atoms with Gasteiger partial charge in [-0.15, -0.1) is 0 Å². The lowest BCUT2D eigenvalue weighted by atomic mass is 10.1. The van der Waals surface area contributed by atoms with Gasteiger partial charge in [-0.3, -0.25) is 4.79 Å². The number of phenolic OH excluding ortho intramolecular Hbond substituents is 1. The summed E-state index contributed by atoms with van der Waals surface area (Å²) in [6.07, 6.45) is 4.25. The number of carbonyl (C=O) groups is 1. The van der Waals surface area contributed by atoms with E-state index in [4.69, 9.17) is 32.7 Å². The molecular formula is C23H22BrCl2FN6O5. The van der Waals surface area contributed by atoms with Crippen LogP contribution in [0.5, 0.6) is 11.5 Å². The second-order valence-electron chi connectivity index (χ2n) is 8.05. The van der Waals surface area contributed by atoms with Gasteiger partial charge < -0.3 is 29.9 Å². The number of rotatable bonds is 8. The summed E-state index contributed by atoms with van der Waals surface area (Å²) in [5.74, 6) is -1.42. The maximum Gasteiger partial charge on any atom is 0.262 e. The number of benzene rings is 1. The molecule has 15 heteroatoms. The molecule has 1 aliphatic carbocycles. The summed E-state index contributed by atoms with van der Waals surface area (Å²) in [6.45, 7) is 1.51. The Morgan fingerprint density at radius 2 is 2.11 bits per heavy atom. The first-order valence-corrected chi connectivity index (χ1v) is 12.9. The van der Waals surface area contributed by atoms with Gasteiger partial charge in [0.25, 0.3) is 5.91 Å². The number of alkyl halides is 1. The summed E-state index contributed by atoms with van der Waals surface area (Å²) >= 11 is 15.5. The zero-order valence-corrected chi connectivity index (χ0v) is 22.7. The Balaban J connectivity index is 1.36. The van der Waals surface area contributed by atoms with Gasteiger partial charge in [0.2, 0.25) is 5.95 Å². The van der Waals surface area contributed by atoms with Crippen molar-refractivity contribution in [1.82, 2.24) is 15.3 Å². The first-order chi connectivity index (χ1) is 18.2. The zero-order chi connectivity index (χ0) is 27.2. The molecule has 4 N–H and O–H groups in total. The number of aromatic hydroxyl groups is 1. The van der Waals surface area contributed by atoms with Crippen LogP contribution in [0.1, 0.15) is 12.0 Å². The summed E-state index contributed by atoms with van der Waals surface area (Å²) in [4.78, 5) is 21.9. The predicted octanol–water partition coefficient (Wildman–Crippen LogP) is 3.81. The summed E-state index contributed by atoms with van der Waals surface area (Å²) < 4.78 is 24.9. The van der Waals surface area contributed by atoms with E-state index in [0.717, 1.165) is 6.20 Å². The molecule has 1 aliphatic heterocycles. The fourth-order valence-electron chi connectivity index (χ4n) is 3.54. The van der Waals surface area contributed by atoms with Crippen LogP contribution in [0.3, 0.4) is 0 Å². The molecule has 38 heavy (non-hydrogen) atoms. The fourth-order valence-corrected chi connectivity index (χ4v) is 4.77. The van der Waals surface area contributed by atoms with Gasteiger partial charge in [0.05, 0.1) is 36.4 Å². The average molecular weight is 632 g/mol. The van der Waals surface area contributed by atoms with E-state index >= 15 is 0 Å². The molecule has 202 valence electrons. The standard InChI is InChI=1S/C23H22BrCl2FN6O5/c24-13-7-14(25)21(36)16(8-13)30-18(34)11-38-17-2-1-12(20(35)19(17)26)9-29-32-23-28-10-15(27)22(31-23)33-3-5-37-6-4-33/h1-2,7,9-10,13,35-36H,3-6,8,11H2,(H,30,34)(H,28,31,32)/b29-9-. The van der Waals surface area contributed by atoms with E-state index < -0.39 is 18.3 Å². The highest BCUT2D eigenvalue weighted by atomic mass is 79.9. The topological polar surface area (TPSA) is 141 Å². The molecule has 0 saturated carbocycles. The van der Waals surface area contributed by atoms with Crippen molar-refractivity contribution in [2.75, 3.05) is 43.2 Å². The zero-order valence-electron chi connectivity index (χ0n) is 19.6. The fraction of sp³-hybridized carbons (Fsp3) is 0.304. The van der Waals surface area contributed by atoms with Gasteiger partial charge in [-0.25, -0.2) is 14.8 Å². The van der Waals surface area contributed by atoms with Crippen LogP contribution in [-0.4, -0.2) is 70.0 Å². The van der Waals surface area contributed by atoms with Crippen LogP contribution in [0.15, 0.2) is 46.0 Å². The number of aliphatic hydroxyl groups is 1. The molecule has 1 atom stereocenters. The van der Waals surface area contributed by atoms with Crippen LogP contribution in [0.25, 0.3) is 0 Å². The number of aromatic nitrogens is 2. The molecule has 1 saturated heterocycles. The number of nitrogens with one attached hydrogen (secondary N) is 2. The minimum absolute atomic E-state index is 0.0552. The number of aliphatic hydroxyl groups excluding tert-OH is 1. The Morgan fingerprint density at radius 3 is 2.87 bits per heavy atom. The summed E-state index contributed by atoms with van der Waals surface area (Å²) in [6, 6.07) is 2.92. The van der Waals surface area contributed by atoms with E-state index in [-0.39, 0.29) is 55.2 Å². The minimum atomic E-state index is -0.560. The lowest BCUT2D eigenvalue weighted by Crippen LogP contribution is -2.37. The molecule has 0 spiro atoms. The number of anilines is 2. The van der Waals surface area contributed by atoms with Crippen molar-refractivity contribution in [3.8, 4) is 11.5 Å². The van der Waals surface area contributed by atoms with Gasteiger partial charge in [0, 0.05) is 29.9 Å². The summed E-state index contributed by atoms with van der Waals surface area (Å²) in [7, 11) is 0. The quantitative estimate of drug-likeness (QED) is 0.194. The van der Waals surface area contributed by atoms with Crippen LogP contribution >= 0.6 is 39.1 Å². The molecule has 1 amide bonds. The maximum atomic E-state index is 14.2. The molecule has 2 heterocycles. The Labute approximate surface area is 235 Å². The molecular weight excluding hydrogens is 610 g/mol. The number of morpholine rings is 1. The molecule has 11 nitrogen and oxygen atoms in total. The highest BCUT2D eigenvalue weighted by molar-refractivity contribution is 9.09. The first-order valence-electron chi connectivity index (χ1n) is 11.2. The van der Waals surface area contributed by atoms with E-state index in [2.05, 4.69) is 41.7 Å². The maximum absolute atomic E-state index is 14.2. The number of halogens is 4. The van der Waals surface area contributed by atoms with Crippen molar-refractivity contribution < 1.29 is 28.9 Å². The van der Waals surface area contributed by atoms with E-state index in [1.54, 1.807) is 11.0 Å². The Kier molecular flexibility index (Phi) is 9.26. The molecule has 2 aliphatic rings. The van der Waals surface area contributed by atoms with Gasteiger partial charge in [-0.1, -0.05) is 39.1 Å². The third-order valence-electron chi connectivity index (χ3n) is 5.40. The molecule has 4 rings (SSSR count). The highest BCUT2D eigenvalue weighted by Crippen LogP contribution is 2.35. The highest BCUT2D eigenvalue weighted by Gasteiger charge is 2.22. The number of hydrazone groups is 1. The molecule has 1 aromatic carbocycles. The second-order valence-corrected chi connectivity index (χ2v) is 10.0. The van der Waals surface area contributed by atoms with Crippen LogP contribution in [0, 0.1) is 5.82 Å². The minimum Gasteiger partial charge on any atom is -0.506 e. The Morgan fingerprint density at radius 1 is 1.34 bits per heavy atom. The van der Waals surface area contributed by atoms with Crippen LogP contribution in [0.2, 0.25) is 5.02 Å². The number of nitrogens with zero attached hydrogens (tertiary/aromatic N) is 4. The van der Waals surface area contributed by atoms with E-state index in [9.17, 15) is 19.4 Å². The summed E-state index contributed by atoms with van der Waals surface area (Å²) in [5.41, 5.74) is 3.08. The number of carbonyl (C=O) groups excluding carboxylic acids is 1. The summed E-state index contributed by atoms with van der Waals surface area (Å²) in [5, 5.41) is 27.0. The third kappa shape index (κ3) is 6.84. The number of hydrogen-bond donors (Lipinski definition) is 4. The largest absolute Gasteiger partial charge is 0.506 e. The van der Waals surface area contributed by atoms with Crippen molar-refractivity contribution in [2.24, 2.45) is 5.10 Å². The van der Waals surface area contributed by atoms with E-state index in [1.807, 2.05) is 0 Å². The van der Waals surface area contributed by atoms with Crippen LogP contribution in [-0.2, 0) is 9.53 Å². The van der Waals surface area contributed by atoms with Crippen molar-refractivity contribution in [3.05, 3.63) is 57.3 Å². The van der Waals surface area contributed by atoms with Gasteiger partial charge >= 0.3 is 0 Å². The monoisotopic (exact) mass is 630 g/mol. The van der Waals surface area contributed by atoms with Gasteiger partial charge in [-0.2, -0.15) is 10.1 Å². The van der Waals surface area contributed by atoms with Gasteiger partial charge in [0.15, 0.2) is 24.0 Å². The van der Waals surface area contributed by atoms with Crippen molar-refractivity contribution in [2.45, 2.75) is 11.2 Å². The second kappa shape index (κ2) is 12.6. The molecule has 1 unspecified atom stereocenters. The number of hydrogen-bond acceptors (Lipinski definition) is 10. The van der Waals surface area contributed by atoms with E-state index in [0.29, 0.717) is 32.7 Å². The molecule has 1 fully saturated rings. The molecule has 0 radical (unpaired) electrons. The third-order valence-corrected chi connectivity index (χ3v) is 6.66. The molecule has 1 aromatic heterocycles. The lowest BCUT2D eigenvalue weighted by molar-refractivity contribution is -0.122. The normalized spacial score (nSPS) is 17.9. The molecule has 0 bridgehead atoms. The number of phenols is 1. The van der Waals surface area contributed by atoms with Gasteiger partial charge in [0.1, 0.15) is 16.5 Å². The Bertz CT molecular complexity index is 1310. The number of allylic oxidation sites excluding steroid dienone is 3. The first kappa shape index (κ1) is 27.9.